The molecular weight excluding hydrogens is 716 g/mol. The number of ether oxygens (including phenoxy) is 4. The number of anilines is 2. The van der Waals surface area contributed by atoms with Gasteiger partial charge in [0.15, 0.2) is 11.9 Å². The first-order valence-corrected chi connectivity index (χ1v) is 16.4. The largest absolute Gasteiger partial charge is 0.481 e. The predicted octanol–water partition coefficient (Wildman–Crippen LogP) is 4.93. The van der Waals surface area contributed by atoms with Gasteiger partial charge < -0.3 is 44.0 Å². The van der Waals surface area contributed by atoms with E-state index in [2.05, 4.69) is 10.3 Å². The summed E-state index contributed by atoms with van der Waals surface area (Å²) < 4.78 is 48.3. The number of hydrogen-bond acceptors (Lipinski definition) is 12. The number of nitrogens with zero attached hydrogens (tertiary/aromatic N) is 3. The molecule has 1 aliphatic rings. The minimum Gasteiger partial charge on any atom is -0.481 e. The molecule has 16 nitrogen and oxygen atoms in total. The molecule has 288 valence electrons. The van der Waals surface area contributed by atoms with Crippen LogP contribution in [0.25, 0.3) is 10.9 Å². The molecule has 4 rings (SSSR count). The molecule has 1 saturated heterocycles. The molecule has 2 aromatic carbocycles. The van der Waals surface area contributed by atoms with Gasteiger partial charge in [0, 0.05) is 29.8 Å². The number of hydrogen-bond donors (Lipinski definition) is 3. The normalized spacial score (nSPS) is 15.9. The van der Waals surface area contributed by atoms with Crippen LogP contribution >= 0.6 is 0 Å². The quantitative estimate of drug-likeness (QED) is 0.222. The third kappa shape index (κ3) is 9.86. The van der Waals surface area contributed by atoms with Crippen molar-refractivity contribution in [2.24, 2.45) is 0 Å². The van der Waals surface area contributed by atoms with E-state index in [-0.39, 0.29) is 47.5 Å². The van der Waals surface area contributed by atoms with Gasteiger partial charge in [-0.2, -0.15) is 14.0 Å². The van der Waals surface area contributed by atoms with Gasteiger partial charge in [-0.3, -0.25) is 14.4 Å². The van der Waals surface area contributed by atoms with Crippen molar-refractivity contribution in [1.82, 2.24) is 9.88 Å². The van der Waals surface area contributed by atoms with Crippen molar-refractivity contribution in [2.45, 2.75) is 84.0 Å². The van der Waals surface area contributed by atoms with Crippen molar-refractivity contribution in [3.05, 3.63) is 63.9 Å². The van der Waals surface area contributed by atoms with Crippen molar-refractivity contribution in [3.63, 3.8) is 0 Å². The molecule has 3 aromatic rings. The lowest BCUT2D eigenvalue weighted by molar-refractivity contribution is -0.148. The number of aromatic nitrogens is 1. The fourth-order valence-corrected chi connectivity index (χ4v) is 5.54. The number of aromatic amines is 1. The third-order valence-corrected chi connectivity index (χ3v) is 7.68. The molecule has 18 heteroatoms. The Kier molecular flexibility index (Phi) is 12.0. The van der Waals surface area contributed by atoms with E-state index in [1.165, 1.54) is 36.4 Å². The average Bonchev–Trinajstić information content (AvgIpc) is 3.04. The van der Waals surface area contributed by atoms with E-state index >= 15 is 0 Å². The van der Waals surface area contributed by atoms with Gasteiger partial charge >= 0.3 is 24.8 Å². The first-order valence-electron chi connectivity index (χ1n) is 16.4. The van der Waals surface area contributed by atoms with E-state index in [0.717, 1.165) is 11.0 Å². The molecule has 0 radical (unpaired) electrons. The zero-order valence-corrected chi connectivity index (χ0v) is 30.2. The number of carboxylic acids is 1. The smallest absolute Gasteiger partial charge is 0.420 e. The van der Waals surface area contributed by atoms with Crippen molar-refractivity contribution >= 4 is 52.6 Å². The maximum atomic E-state index is 14.2. The molecule has 2 atom stereocenters. The predicted molar refractivity (Wildman–Crippen MR) is 187 cm³/mol. The van der Waals surface area contributed by atoms with Crippen LogP contribution < -0.4 is 20.5 Å². The number of amides is 3. The molecule has 2 heterocycles. The molecule has 3 N–H and O–H groups in total. The summed E-state index contributed by atoms with van der Waals surface area (Å²) in [7, 11) is 0. The molecule has 1 aliphatic heterocycles. The molecule has 54 heavy (non-hydrogen) atoms. The van der Waals surface area contributed by atoms with Crippen LogP contribution in [0.4, 0.5) is 29.7 Å². The number of fused-ring (bicyclic) bond motifs is 1. The Bertz CT molecular complexity index is 2020. The highest BCUT2D eigenvalue weighted by atomic mass is 19.3. The highest BCUT2D eigenvalue weighted by Gasteiger charge is 2.50. The van der Waals surface area contributed by atoms with Gasteiger partial charge in [-0.25, -0.2) is 14.5 Å². The molecule has 0 saturated carbocycles. The molecule has 0 bridgehead atoms. The second kappa shape index (κ2) is 15.9. The monoisotopic (exact) mass is 755 g/mol. The van der Waals surface area contributed by atoms with E-state index in [0.29, 0.717) is 10.3 Å². The zero-order chi connectivity index (χ0) is 40.2. The minimum atomic E-state index is -3.33. The minimum absolute atomic E-state index is 0.0204. The Morgan fingerprint density at radius 2 is 1.72 bits per heavy atom. The number of nitrogens with one attached hydrogen (secondary N) is 2. The van der Waals surface area contributed by atoms with Crippen LogP contribution in [0, 0.1) is 11.3 Å². The number of carboxylic acid groups (broad SMARTS) is 1. The lowest BCUT2D eigenvalue weighted by Crippen LogP contribution is -2.63. The van der Waals surface area contributed by atoms with E-state index in [1.54, 1.807) is 41.5 Å². The average molecular weight is 756 g/mol. The molecule has 3 amide bonds. The molecule has 1 fully saturated rings. The second-order valence-electron chi connectivity index (χ2n) is 14.2. The van der Waals surface area contributed by atoms with Gasteiger partial charge in [0.2, 0.25) is 5.56 Å². The highest BCUT2D eigenvalue weighted by Crippen LogP contribution is 2.37. The zero-order valence-electron chi connectivity index (χ0n) is 30.2. The van der Waals surface area contributed by atoms with E-state index in [9.17, 15) is 47.9 Å². The van der Waals surface area contributed by atoms with Gasteiger partial charge in [0.05, 0.1) is 42.4 Å². The van der Waals surface area contributed by atoms with Gasteiger partial charge in [-0.15, -0.1) is 0 Å². The molecular formula is C36H39F2N5O11. The third-order valence-electron chi connectivity index (χ3n) is 7.68. The van der Waals surface area contributed by atoms with Crippen LogP contribution in [0.3, 0.4) is 0 Å². The fourth-order valence-electron chi connectivity index (χ4n) is 5.54. The highest BCUT2D eigenvalue weighted by molar-refractivity contribution is 6.04. The van der Waals surface area contributed by atoms with Crippen LogP contribution in [0.5, 0.6) is 5.75 Å². The van der Waals surface area contributed by atoms with E-state index in [1.807, 2.05) is 6.07 Å². The Balaban J connectivity index is 1.77. The molecule has 0 spiro atoms. The van der Waals surface area contributed by atoms with Crippen LogP contribution in [-0.2, 0) is 35.1 Å². The summed E-state index contributed by atoms with van der Waals surface area (Å²) >= 11 is 0. The number of carbonyl (C=O) groups excluding carboxylic acids is 4. The Morgan fingerprint density at radius 3 is 2.28 bits per heavy atom. The summed E-state index contributed by atoms with van der Waals surface area (Å²) in [5.41, 5.74) is -5.00. The first kappa shape index (κ1) is 40.7. The van der Waals surface area contributed by atoms with Crippen LogP contribution in [-0.4, -0.2) is 87.9 Å². The lowest BCUT2D eigenvalue weighted by Gasteiger charge is -2.41. The van der Waals surface area contributed by atoms with Crippen LogP contribution in [0.1, 0.15) is 59.1 Å². The number of nitriles is 1. The standard InChI is InChI=1S/C36H39F2N5O11/c1-34(2,3)53-32(49)43(33(50)54-35(4,5)6)18-22-13-23(9-7-21(22)17-39)41-36(19-44,16-28(46)47)29-30(48)42(11-12-51-29)25-14-20-8-10-27(45)40-24(20)15-26(25)52-31(37)38/h7-10,13-15,19,29,31,41H,11-12,16,18H2,1-6H3,(H,40,45)(H,46,47)/t29-,36-/m0/s1. The van der Waals surface area contributed by atoms with Crippen molar-refractivity contribution in [3.8, 4) is 11.8 Å². The fraction of sp³-hybridized carbons (Fsp3) is 0.417. The summed E-state index contributed by atoms with van der Waals surface area (Å²) in [6.07, 6.45) is -4.92. The number of aldehydes is 1. The Labute approximate surface area is 307 Å². The summed E-state index contributed by atoms with van der Waals surface area (Å²) in [5.74, 6) is -3.03. The Hall–Kier alpha value is -6.09. The Morgan fingerprint density at radius 1 is 1.07 bits per heavy atom. The molecule has 1 aromatic heterocycles. The number of imide groups is 1. The molecule has 0 aliphatic carbocycles. The van der Waals surface area contributed by atoms with Gasteiger partial charge in [0.25, 0.3) is 5.91 Å². The number of morpholine rings is 1. The van der Waals surface area contributed by atoms with Gasteiger partial charge in [-0.1, -0.05) is 0 Å². The van der Waals surface area contributed by atoms with Crippen molar-refractivity contribution in [2.75, 3.05) is 23.4 Å². The number of rotatable bonds is 11. The van der Waals surface area contributed by atoms with Crippen LogP contribution in [0.15, 0.2) is 47.3 Å². The summed E-state index contributed by atoms with van der Waals surface area (Å²) in [4.78, 5) is 81.8. The van der Waals surface area contributed by atoms with Crippen molar-refractivity contribution < 1.29 is 56.8 Å². The van der Waals surface area contributed by atoms with Gasteiger partial charge in [0.1, 0.15) is 23.0 Å². The summed E-state index contributed by atoms with van der Waals surface area (Å²) in [5, 5.41) is 22.9. The summed E-state index contributed by atoms with van der Waals surface area (Å²) in [6.45, 7) is 5.06. The maximum absolute atomic E-state index is 14.2. The number of carbonyl (C=O) groups is 5. The molecule has 0 unspecified atom stereocenters. The topological polar surface area (TPSA) is 218 Å². The van der Waals surface area contributed by atoms with Gasteiger partial charge in [-0.05, 0) is 77.4 Å². The second-order valence-corrected chi connectivity index (χ2v) is 14.2. The first-order chi connectivity index (χ1) is 25.1. The lowest BCUT2D eigenvalue weighted by atomic mass is 9.87. The van der Waals surface area contributed by atoms with E-state index < -0.39 is 77.8 Å². The summed E-state index contributed by atoms with van der Waals surface area (Å²) in [6, 6.07) is 10.8. The van der Waals surface area contributed by atoms with Crippen LogP contribution in [0.2, 0.25) is 0 Å². The number of aliphatic carboxylic acids is 1. The number of halogens is 2. The van der Waals surface area contributed by atoms with Crippen molar-refractivity contribution in [1.29, 1.82) is 5.26 Å². The maximum Gasteiger partial charge on any atom is 0.420 e. The number of pyridine rings is 1. The number of H-pyrrole nitrogens is 1. The number of benzene rings is 2. The van der Waals surface area contributed by atoms with E-state index in [4.69, 9.17) is 18.9 Å². The number of alkyl halides is 2. The SMILES string of the molecule is CC(C)(C)OC(=O)N(Cc1cc(N[C@](C=O)(CC(=O)O)[C@H]2OCCN(c3cc4ccc(=O)[nH]c4cc3OC(F)F)C2=O)ccc1C#N)C(=O)OC(C)(C)C.